The first-order valence-corrected chi connectivity index (χ1v) is 10.9. The first-order valence-electron chi connectivity index (χ1n) is 10.1. The van der Waals surface area contributed by atoms with E-state index in [0.717, 1.165) is 57.5 Å². The largest absolute Gasteiger partial charge is 0.374 e. The molecule has 10 heteroatoms. The first-order chi connectivity index (χ1) is 15.0. The summed E-state index contributed by atoms with van der Waals surface area (Å²) in [5.74, 6) is 0.651. The van der Waals surface area contributed by atoms with E-state index in [1.54, 1.807) is 4.68 Å². The highest BCUT2D eigenvalue weighted by Gasteiger charge is 2.18. The van der Waals surface area contributed by atoms with E-state index in [9.17, 15) is 5.11 Å². The average molecular weight is 437 g/mol. The zero-order valence-electron chi connectivity index (χ0n) is 17.3. The van der Waals surface area contributed by atoms with Crippen LogP contribution in [0, 0.1) is 6.92 Å². The molecule has 0 aliphatic carbocycles. The van der Waals surface area contributed by atoms with E-state index in [0.29, 0.717) is 11.5 Å². The van der Waals surface area contributed by atoms with Gasteiger partial charge in [-0.15, -0.1) is 11.3 Å². The van der Waals surface area contributed by atoms with Crippen molar-refractivity contribution < 1.29 is 5.11 Å². The second kappa shape index (κ2) is 7.89. The summed E-state index contributed by atoms with van der Waals surface area (Å²) in [6, 6.07) is 1.97. The Bertz CT molecular complexity index is 1280. The van der Waals surface area contributed by atoms with Gasteiger partial charge in [-0.2, -0.15) is 5.10 Å². The highest BCUT2D eigenvalue weighted by Crippen LogP contribution is 2.34. The Kier molecular flexibility index (Phi) is 5.06. The molecule has 0 aromatic carbocycles. The van der Waals surface area contributed by atoms with E-state index in [1.807, 2.05) is 44.8 Å². The molecule has 0 saturated carbocycles. The number of thiophene rings is 1. The Balaban J connectivity index is 1.64. The molecule has 4 aromatic heterocycles. The second-order valence-electron chi connectivity index (χ2n) is 7.64. The molecular formula is C21H24N8OS. The van der Waals surface area contributed by atoms with Crippen LogP contribution in [0.4, 0.5) is 10.8 Å². The molecule has 1 aliphatic rings. The molecule has 1 atom stereocenters. The number of nitrogens with one attached hydrogen (secondary N) is 2. The van der Waals surface area contributed by atoms with Crippen molar-refractivity contribution in [1.82, 2.24) is 29.5 Å². The summed E-state index contributed by atoms with van der Waals surface area (Å²) in [7, 11) is 1.90. The van der Waals surface area contributed by atoms with E-state index in [2.05, 4.69) is 31.2 Å². The van der Waals surface area contributed by atoms with Crippen LogP contribution < -0.4 is 16.4 Å². The number of hydrogen-bond acceptors (Lipinski definition) is 8. The summed E-state index contributed by atoms with van der Waals surface area (Å²) < 4.78 is 3.83. The Morgan fingerprint density at radius 2 is 2.19 bits per heavy atom. The minimum atomic E-state index is -0.998. The molecule has 31 heavy (non-hydrogen) atoms. The fraction of sp³-hybridized carbons (Fsp3) is 0.286. The molecule has 0 amide bonds. The molecule has 5 rings (SSSR count). The van der Waals surface area contributed by atoms with Crippen LogP contribution in [0.15, 0.2) is 36.9 Å². The molecule has 5 N–H and O–H groups in total. The van der Waals surface area contributed by atoms with Crippen molar-refractivity contribution in [3.8, 4) is 11.3 Å². The molecule has 1 unspecified atom stereocenters. The minimum absolute atomic E-state index is 0.651. The lowest BCUT2D eigenvalue weighted by molar-refractivity contribution is 0.189. The van der Waals surface area contributed by atoms with Gasteiger partial charge in [0.15, 0.2) is 11.5 Å². The lowest BCUT2D eigenvalue weighted by Gasteiger charge is -2.16. The highest BCUT2D eigenvalue weighted by molar-refractivity contribution is 7.16. The standard InChI is InChI=1S/C21H24N8OS/c1-12-6-17(31-18(12)19(22)30)27-20-21-24-9-16(14-8-25-28(2)10-14)29(21)11-15(26-20)13-4-3-5-23-7-13/h4,6,8-11,19,23,30H,3,5,7,22H2,1-2H3,(H,26,27). The van der Waals surface area contributed by atoms with Crippen molar-refractivity contribution >= 4 is 33.4 Å². The van der Waals surface area contributed by atoms with Gasteiger partial charge in [-0.3, -0.25) is 9.08 Å². The number of aromatic nitrogens is 5. The number of hydrogen-bond donors (Lipinski definition) is 4. The van der Waals surface area contributed by atoms with Gasteiger partial charge in [-0.1, -0.05) is 6.08 Å². The zero-order valence-corrected chi connectivity index (χ0v) is 18.1. The van der Waals surface area contributed by atoms with Gasteiger partial charge in [0.2, 0.25) is 0 Å². The molecule has 5 heterocycles. The summed E-state index contributed by atoms with van der Waals surface area (Å²) >= 11 is 1.42. The first kappa shape index (κ1) is 19.9. The fourth-order valence-electron chi connectivity index (χ4n) is 3.80. The van der Waals surface area contributed by atoms with Gasteiger partial charge < -0.3 is 21.5 Å². The Labute approximate surface area is 183 Å². The van der Waals surface area contributed by atoms with Crippen LogP contribution in [-0.2, 0) is 7.05 Å². The molecule has 0 bridgehead atoms. The molecule has 0 fully saturated rings. The number of aryl methyl sites for hydroxylation is 2. The van der Waals surface area contributed by atoms with Crippen molar-refractivity contribution in [3.05, 3.63) is 53.1 Å². The number of imidazole rings is 1. The van der Waals surface area contributed by atoms with E-state index in [1.165, 1.54) is 11.3 Å². The van der Waals surface area contributed by atoms with E-state index < -0.39 is 6.23 Å². The summed E-state index contributed by atoms with van der Waals surface area (Å²) in [5.41, 5.74) is 11.3. The molecule has 0 saturated heterocycles. The summed E-state index contributed by atoms with van der Waals surface area (Å²) in [6.07, 6.45) is 9.87. The number of nitrogens with two attached hydrogens (primary N) is 1. The van der Waals surface area contributed by atoms with Crippen LogP contribution >= 0.6 is 11.3 Å². The Morgan fingerprint density at radius 3 is 2.87 bits per heavy atom. The Morgan fingerprint density at radius 1 is 1.32 bits per heavy atom. The van der Waals surface area contributed by atoms with Gasteiger partial charge in [0.05, 0.1) is 33.7 Å². The van der Waals surface area contributed by atoms with Crippen LogP contribution in [0.5, 0.6) is 0 Å². The van der Waals surface area contributed by atoms with E-state index in [-0.39, 0.29) is 0 Å². The number of anilines is 2. The van der Waals surface area contributed by atoms with Crippen molar-refractivity contribution in [2.75, 3.05) is 18.4 Å². The topological polar surface area (TPSA) is 118 Å². The van der Waals surface area contributed by atoms with E-state index in [4.69, 9.17) is 10.7 Å². The van der Waals surface area contributed by atoms with Crippen LogP contribution in [0.1, 0.15) is 28.8 Å². The number of aliphatic hydroxyl groups is 1. The lowest BCUT2D eigenvalue weighted by atomic mass is 10.1. The van der Waals surface area contributed by atoms with Crippen molar-refractivity contribution in [1.29, 1.82) is 0 Å². The second-order valence-corrected chi connectivity index (χ2v) is 8.72. The third-order valence-corrected chi connectivity index (χ3v) is 6.54. The smallest absolute Gasteiger partial charge is 0.181 e. The lowest BCUT2D eigenvalue weighted by Crippen LogP contribution is -2.22. The maximum Gasteiger partial charge on any atom is 0.181 e. The normalized spacial score (nSPS) is 15.3. The number of nitrogens with zero attached hydrogens (tertiary/aromatic N) is 5. The predicted molar refractivity (Wildman–Crippen MR) is 122 cm³/mol. The summed E-state index contributed by atoms with van der Waals surface area (Å²) in [5, 5.41) is 21.8. The average Bonchev–Trinajstić information content (AvgIpc) is 3.46. The summed E-state index contributed by atoms with van der Waals surface area (Å²) in [6.45, 7) is 3.68. The van der Waals surface area contributed by atoms with Crippen LogP contribution in [-0.4, -0.2) is 42.3 Å². The number of rotatable bonds is 5. The molecule has 0 spiro atoms. The van der Waals surface area contributed by atoms with Gasteiger partial charge in [0.25, 0.3) is 0 Å². The Hall–Kier alpha value is -3.05. The third-order valence-electron chi connectivity index (χ3n) is 5.32. The maximum atomic E-state index is 9.81. The fourth-order valence-corrected chi connectivity index (χ4v) is 4.76. The van der Waals surface area contributed by atoms with Gasteiger partial charge in [-0.05, 0) is 37.1 Å². The van der Waals surface area contributed by atoms with E-state index >= 15 is 0 Å². The number of fused-ring (bicyclic) bond motifs is 1. The zero-order chi connectivity index (χ0) is 21.5. The van der Waals surface area contributed by atoms with Crippen LogP contribution in [0.2, 0.25) is 0 Å². The maximum absolute atomic E-state index is 9.81. The molecule has 9 nitrogen and oxygen atoms in total. The molecule has 1 aliphatic heterocycles. The van der Waals surface area contributed by atoms with Crippen LogP contribution in [0.3, 0.4) is 0 Å². The molecule has 160 valence electrons. The molecule has 0 radical (unpaired) electrons. The van der Waals surface area contributed by atoms with Crippen molar-refractivity contribution in [3.63, 3.8) is 0 Å². The van der Waals surface area contributed by atoms with Gasteiger partial charge in [0, 0.05) is 31.5 Å². The van der Waals surface area contributed by atoms with Gasteiger partial charge in [-0.25, -0.2) is 9.97 Å². The number of aliphatic hydroxyl groups excluding tert-OH is 1. The highest BCUT2D eigenvalue weighted by atomic mass is 32.1. The summed E-state index contributed by atoms with van der Waals surface area (Å²) in [4.78, 5) is 10.3. The molecular weight excluding hydrogens is 412 g/mol. The monoisotopic (exact) mass is 436 g/mol. The van der Waals surface area contributed by atoms with Gasteiger partial charge >= 0.3 is 0 Å². The molecule has 4 aromatic rings. The quantitative estimate of drug-likeness (QED) is 0.355. The third kappa shape index (κ3) is 3.74. The van der Waals surface area contributed by atoms with Crippen molar-refractivity contribution in [2.45, 2.75) is 19.6 Å². The van der Waals surface area contributed by atoms with Crippen LogP contribution in [0.25, 0.3) is 22.5 Å². The predicted octanol–water partition coefficient (Wildman–Crippen LogP) is 2.57. The SMILES string of the molecule is Cc1cc(Nc2nc(C3=CCCNC3)cn3c(-c4cnn(C)c4)cnc23)sc1C(N)O. The minimum Gasteiger partial charge on any atom is -0.374 e. The van der Waals surface area contributed by atoms with Gasteiger partial charge in [0.1, 0.15) is 6.23 Å². The van der Waals surface area contributed by atoms with Crippen molar-refractivity contribution in [2.24, 2.45) is 12.8 Å².